The summed E-state index contributed by atoms with van der Waals surface area (Å²) in [4.78, 5) is 17.0. The molecule has 2 N–H and O–H groups in total. The second-order valence-electron chi connectivity index (χ2n) is 8.70. The van der Waals surface area contributed by atoms with Gasteiger partial charge in [0.15, 0.2) is 0 Å². The van der Waals surface area contributed by atoms with E-state index in [0.717, 1.165) is 45.1 Å². The van der Waals surface area contributed by atoms with Crippen molar-refractivity contribution in [3.63, 3.8) is 0 Å². The first-order chi connectivity index (χ1) is 12.1. The Balaban J connectivity index is 1.39. The third-order valence-electron chi connectivity index (χ3n) is 6.94. The maximum absolute atomic E-state index is 12.9. The average Bonchev–Trinajstić information content (AvgIpc) is 3.09. The maximum Gasteiger partial charge on any atom is 0.223 e. The lowest BCUT2D eigenvalue weighted by molar-refractivity contribution is -0.128. The van der Waals surface area contributed by atoms with Gasteiger partial charge in [-0.3, -0.25) is 9.78 Å². The predicted octanol–water partition coefficient (Wildman–Crippen LogP) is 3.20. The fourth-order valence-corrected chi connectivity index (χ4v) is 5.75. The van der Waals surface area contributed by atoms with E-state index < -0.39 is 0 Å². The number of aromatic nitrogens is 1. The number of rotatable bonds is 4. The van der Waals surface area contributed by atoms with Crippen molar-refractivity contribution in [2.75, 3.05) is 6.54 Å². The number of nitrogens with zero attached hydrogens (tertiary/aromatic N) is 1. The summed E-state index contributed by atoms with van der Waals surface area (Å²) in [6.45, 7) is 0.754. The second-order valence-corrected chi connectivity index (χ2v) is 8.70. The van der Waals surface area contributed by atoms with Crippen LogP contribution in [0.4, 0.5) is 0 Å². The van der Waals surface area contributed by atoms with Crippen molar-refractivity contribution in [1.82, 2.24) is 10.3 Å². The van der Waals surface area contributed by atoms with Gasteiger partial charge in [-0.25, -0.2) is 0 Å². The molecule has 0 aliphatic heterocycles. The Morgan fingerprint density at radius 2 is 1.72 bits per heavy atom. The van der Waals surface area contributed by atoms with E-state index in [1.807, 2.05) is 12.4 Å². The van der Waals surface area contributed by atoms with Gasteiger partial charge in [0.1, 0.15) is 0 Å². The number of amides is 1. The molecule has 0 radical (unpaired) electrons. The van der Waals surface area contributed by atoms with Crippen molar-refractivity contribution in [3.8, 4) is 0 Å². The molecule has 4 rings (SSSR count). The van der Waals surface area contributed by atoms with Crippen molar-refractivity contribution in [3.05, 3.63) is 30.1 Å². The first-order valence-electron chi connectivity index (χ1n) is 10.0. The van der Waals surface area contributed by atoms with E-state index in [0.29, 0.717) is 11.8 Å². The third kappa shape index (κ3) is 3.59. The number of pyridine rings is 1. The molecule has 0 aromatic carbocycles. The average molecular weight is 342 g/mol. The van der Waals surface area contributed by atoms with Crippen LogP contribution in [0.2, 0.25) is 0 Å². The van der Waals surface area contributed by atoms with Gasteiger partial charge in [-0.15, -0.1) is 0 Å². The summed E-state index contributed by atoms with van der Waals surface area (Å²) in [6.07, 6.45) is 13.3. The van der Waals surface area contributed by atoms with E-state index in [2.05, 4.69) is 22.4 Å². The molecule has 4 atom stereocenters. The minimum absolute atomic E-state index is 0.0966. The molecule has 1 heterocycles. The number of nitrogens with one attached hydrogen (secondary N) is 1. The largest absolute Gasteiger partial charge is 0.393 e. The van der Waals surface area contributed by atoms with Crippen LogP contribution in [0.15, 0.2) is 24.5 Å². The van der Waals surface area contributed by atoms with Crippen LogP contribution < -0.4 is 5.32 Å². The van der Waals surface area contributed by atoms with Crippen LogP contribution in [-0.2, 0) is 10.2 Å². The zero-order chi connectivity index (χ0) is 17.3. The molecule has 2 unspecified atom stereocenters. The molecule has 3 saturated carbocycles. The molecule has 2 bridgehead atoms. The van der Waals surface area contributed by atoms with Gasteiger partial charge in [0, 0.05) is 30.3 Å². The van der Waals surface area contributed by atoms with E-state index in [4.69, 9.17) is 0 Å². The topological polar surface area (TPSA) is 62.2 Å². The number of carbonyl (C=O) groups is 1. The van der Waals surface area contributed by atoms with Gasteiger partial charge in [-0.2, -0.15) is 0 Å². The molecule has 3 aliphatic rings. The summed E-state index contributed by atoms with van der Waals surface area (Å²) in [6, 6.07) is 4.23. The molecule has 1 aromatic heterocycles. The smallest absolute Gasteiger partial charge is 0.223 e. The summed E-state index contributed by atoms with van der Waals surface area (Å²) in [7, 11) is 0. The van der Waals surface area contributed by atoms with E-state index in [-0.39, 0.29) is 23.3 Å². The van der Waals surface area contributed by atoms with Gasteiger partial charge >= 0.3 is 0 Å². The van der Waals surface area contributed by atoms with Crippen molar-refractivity contribution < 1.29 is 9.90 Å². The fraction of sp³-hybridized carbons (Fsp3) is 0.714. The standard InChI is InChI=1S/C21H30N2O2/c24-19-12-15-9-16(13-19)11-17(10-15)20(25)23-14-21(5-1-2-6-21)18-3-7-22-8-4-18/h3-4,7-8,15-17,19,24H,1-2,5-6,9-14H2,(H,23,25)/t15-,16+,17?,19?. The number of hydrogen-bond donors (Lipinski definition) is 2. The molecule has 3 aliphatic carbocycles. The molecule has 0 saturated heterocycles. The first kappa shape index (κ1) is 17.0. The molecule has 0 spiro atoms. The Morgan fingerprint density at radius 1 is 1.08 bits per heavy atom. The first-order valence-corrected chi connectivity index (χ1v) is 10.0. The molecular formula is C21H30N2O2. The van der Waals surface area contributed by atoms with Crippen molar-refractivity contribution in [1.29, 1.82) is 0 Å². The van der Waals surface area contributed by atoms with Gasteiger partial charge in [-0.1, -0.05) is 12.8 Å². The Labute approximate surface area is 150 Å². The van der Waals surface area contributed by atoms with Crippen LogP contribution in [0.1, 0.15) is 63.4 Å². The van der Waals surface area contributed by atoms with Crippen LogP contribution >= 0.6 is 0 Å². The van der Waals surface area contributed by atoms with Crippen LogP contribution in [0.5, 0.6) is 0 Å². The van der Waals surface area contributed by atoms with Gasteiger partial charge in [-0.05, 0) is 74.5 Å². The Hall–Kier alpha value is -1.42. The molecular weight excluding hydrogens is 312 g/mol. The Morgan fingerprint density at radius 3 is 2.36 bits per heavy atom. The van der Waals surface area contributed by atoms with Crippen molar-refractivity contribution >= 4 is 5.91 Å². The lowest BCUT2D eigenvalue weighted by atomic mass is 9.67. The predicted molar refractivity (Wildman–Crippen MR) is 97.0 cm³/mol. The highest BCUT2D eigenvalue weighted by Crippen LogP contribution is 2.43. The van der Waals surface area contributed by atoms with E-state index in [1.54, 1.807) is 0 Å². The summed E-state index contributed by atoms with van der Waals surface area (Å²) in [5, 5.41) is 13.3. The Kier molecular flexibility index (Phi) is 4.81. The molecule has 1 aromatic rings. The molecule has 4 nitrogen and oxygen atoms in total. The summed E-state index contributed by atoms with van der Waals surface area (Å²) in [5.41, 5.74) is 1.42. The summed E-state index contributed by atoms with van der Waals surface area (Å²) in [5.74, 6) is 1.47. The van der Waals surface area contributed by atoms with Gasteiger partial charge < -0.3 is 10.4 Å². The van der Waals surface area contributed by atoms with Crippen LogP contribution in [-0.4, -0.2) is 28.6 Å². The number of aliphatic hydroxyl groups is 1. The highest BCUT2D eigenvalue weighted by Gasteiger charge is 2.40. The SMILES string of the molecule is O=C(NCC1(c2ccncc2)CCCC1)C1C[C@H]2CC(O)C[C@@H](C1)C2. The minimum atomic E-state index is -0.138. The third-order valence-corrected chi connectivity index (χ3v) is 6.94. The monoisotopic (exact) mass is 342 g/mol. The highest BCUT2D eigenvalue weighted by molar-refractivity contribution is 5.79. The summed E-state index contributed by atoms with van der Waals surface area (Å²) < 4.78 is 0. The van der Waals surface area contributed by atoms with Gasteiger partial charge in [0.05, 0.1) is 6.10 Å². The summed E-state index contributed by atoms with van der Waals surface area (Å²) >= 11 is 0. The van der Waals surface area contributed by atoms with Crippen LogP contribution in [0.3, 0.4) is 0 Å². The number of hydrogen-bond acceptors (Lipinski definition) is 3. The lowest BCUT2D eigenvalue weighted by Crippen LogP contribution is -2.44. The number of fused-ring (bicyclic) bond motifs is 2. The zero-order valence-corrected chi connectivity index (χ0v) is 15.0. The van der Waals surface area contributed by atoms with Gasteiger partial charge in [0.25, 0.3) is 0 Å². The minimum Gasteiger partial charge on any atom is -0.393 e. The maximum atomic E-state index is 12.9. The van der Waals surface area contributed by atoms with Crippen molar-refractivity contribution in [2.45, 2.75) is 69.3 Å². The quantitative estimate of drug-likeness (QED) is 0.883. The van der Waals surface area contributed by atoms with E-state index in [9.17, 15) is 9.90 Å². The van der Waals surface area contributed by atoms with Crippen LogP contribution in [0.25, 0.3) is 0 Å². The highest BCUT2D eigenvalue weighted by atomic mass is 16.3. The zero-order valence-electron chi connectivity index (χ0n) is 15.0. The second kappa shape index (κ2) is 7.06. The molecule has 136 valence electrons. The fourth-order valence-electron chi connectivity index (χ4n) is 5.75. The molecule has 25 heavy (non-hydrogen) atoms. The number of aliphatic hydroxyl groups excluding tert-OH is 1. The molecule has 3 fully saturated rings. The lowest BCUT2D eigenvalue weighted by Gasteiger charge is -2.40. The van der Waals surface area contributed by atoms with Crippen LogP contribution in [0, 0.1) is 17.8 Å². The normalized spacial score (nSPS) is 33.8. The van der Waals surface area contributed by atoms with E-state index >= 15 is 0 Å². The Bertz CT molecular complexity index is 579. The molecule has 4 heteroatoms. The van der Waals surface area contributed by atoms with Gasteiger partial charge in [0.2, 0.25) is 5.91 Å². The van der Waals surface area contributed by atoms with E-state index in [1.165, 1.54) is 24.8 Å². The molecule has 1 amide bonds. The number of carbonyl (C=O) groups excluding carboxylic acids is 1. The van der Waals surface area contributed by atoms with Crippen molar-refractivity contribution in [2.24, 2.45) is 17.8 Å².